The lowest BCUT2D eigenvalue weighted by Gasteiger charge is -2.27. The molecule has 0 heterocycles. The molecule has 2 amide bonds. The van der Waals surface area contributed by atoms with Crippen LogP contribution in [0.1, 0.15) is 33.1 Å². The molecule has 19 heavy (non-hydrogen) atoms. The fraction of sp³-hybridized carbons (Fsp3) is 0.846. The highest BCUT2D eigenvalue weighted by atomic mass is 32.2. The molecule has 0 saturated heterocycles. The molecule has 0 spiro atoms. The van der Waals surface area contributed by atoms with E-state index in [9.17, 15) is 9.59 Å². The molecule has 6 heteroatoms. The molecule has 0 fully saturated rings. The van der Waals surface area contributed by atoms with Gasteiger partial charge in [0.05, 0.1) is 11.3 Å². The van der Waals surface area contributed by atoms with Crippen LogP contribution in [0.3, 0.4) is 0 Å². The molecule has 3 N–H and O–H groups in total. The molecule has 0 aromatic rings. The number of hydrogen-bond donors (Lipinski definition) is 2. The molecule has 0 saturated carbocycles. The Labute approximate surface area is 120 Å². The Morgan fingerprint density at radius 3 is 2.47 bits per heavy atom. The zero-order chi connectivity index (χ0) is 14.9. The minimum absolute atomic E-state index is 0.117. The fourth-order valence-corrected chi connectivity index (χ4v) is 2.44. The van der Waals surface area contributed by atoms with Gasteiger partial charge < -0.3 is 16.0 Å². The minimum Gasteiger partial charge on any atom is -0.368 e. The van der Waals surface area contributed by atoms with Gasteiger partial charge >= 0.3 is 0 Å². The van der Waals surface area contributed by atoms with Gasteiger partial charge in [-0.25, -0.2) is 0 Å². The number of nitrogens with one attached hydrogen (secondary N) is 1. The molecule has 0 aromatic carbocycles. The maximum atomic E-state index is 11.5. The number of amides is 2. The number of nitrogens with zero attached hydrogens (tertiary/aromatic N) is 1. The molecule has 1 atom stereocenters. The highest BCUT2D eigenvalue weighted by Gasteiger charge is 2.29. The first-order valence-electron chi connectivity index (χ1n) is 6.66. The highest BCUT2D eigenvalue weighted by molar-refractivity contribution is 7.99. The van der Waals surface area contributed by atoms with Crippen molar-refractivity contribution in [1.29, 1.82) is 0 Å². The van der Waals surface area contributed by atoms with Gasteiger partial charge in [-0.15, -0.1) is 0 Å². The van der Waals surface area contributed by atoms with Crippen molar-refractivity contribution >= 4 is 23.6 Å². The molecule has 0 rings (SSSR count). The summed E-state index contributed by atoms with van der Waals surface area (Å²) in [5.41, 5.74) is 4.81. The Balaban J connectivity index is 3.94. The van der Waals surface area contributed by atoms with Gasteiger partial charge in [0.15, 0.2) is 0 Å². The number of carbonyl (C=O) groups is 2. The zero-order valence-corrected chi connectivity index (χ0v) is 13.3. The predicted molar refractivity (Wildman–Crippen MR) is 81.1 cm³/mol. The first kappa shape index (κ1) is 18.2. The standard InChI is InChI=1S/C13H27N3O2S/c1-5-8-15-13(2,12(14)18)7-6-9-19-10-11(17)16(3)4/h15H,5-10H2,1-4H3,(H2,14,18). The maximum Gasteiger partial charge on any atom is 0.237 e. The topological polar surface area (TPSA) is 75.4 Å². The van der Waals surface area contributed by atoms with E-state index in [0.717, 1.165) is 25.1 Å². The number of nitrogens with two attached hydrogens (primary N) is 1. The second-order valence-electron chi connectivity index (χ2n) is 5.07. The van der Waals surface area contributed by atoms with Crippen molar-refractivity contribution in [3.63, 3.8) is 0 Å². The first-order valence-corrected chi connectivity index (χ1v) is 7.81. The summed E-state index contributed by atoms with van der Waals surface area (Å²) < 4.78 is 0. The van der Waals surface area contributed by atoms with Crippen molar-refractivity contribution in [2.75, 3.05) is 32.1 Å². The summed E-state index contributed by atoms with van der Waals surface area (Å²) >= 11 is 1.59. The summed E-state index contributed by atoms with van der Waals surface area (Å²) in [7, 11) is 3.50. The van der Waals surface area contributed by atoms with E-state index in [0.29, 0.717) is 12.2 Å². The molecule has 0 aliphatic heterocycles. The Morgan fingerprint density at radius 2 is 2.00 bits per heavy atom. The molecule has 112 valence electrons. The van der Waals surface area contributed by atoms with E-state index in [-0.39, 0.29) is 11.8 Å². The van der Waals surface area contributed by atoms with Crippen LogP contribution in [0.5, 0.6) is 0 Å². The second kappa shape index (κ2) is 9.20. The van der Waals surface area contributed by atoms with Gasteiger partial charge in [-0.1, -0.05) is 6.92 Å². The van der Waals surface area contributed by atoms with Crippen LogP contribution in [0.25, 0.3) is 0 Å². The lowest BCUT2D eigenvalue weighted by molar-refractivity contribution is -0.126. The Morgan fingerprint density at radius 1 is 1.37 bits per heavy atom. The first-order chi connectivity index (χ1) is 8.83. The third-order valence-corrected chi connectivity index (χ3v) is 4.03. The Bertz CT molecular complexity index is 298. The zero-order valence-electron chi connectivity index (χ0n) is 12.5. The normalized spacial score (nSPS) is 13.9. The van der Waals surface area contributed by atoms with Crippen molar-refractivity contribution in [1.82, 2.24) is 10.2 Å². The Hall–Kier alpha value is -0.750. The van der Waals surface area contributed by atoms with E-state index >= 15 is 0 Å². The van der Waals surface area contributed by atoms with Gasteiger partial charge in [0.25, 0.3) is 0 Å². The summed E-state index contributed by atoms with van der Waals surface area (Å²) in [6.45, 7) is 4.68. The smallest absolute Gasteiger partial charge is 0.237 e. The number of primary amides is 1. The number of hydrogen-bond acceptors (Lipinski definition) is 4. The van der Waals surface area contributed by atoms with E-state index in [1.807, 2.05) is 6.92 Å². The summed E-state index contributed by atoms with van der Waals surface area (Å²) in [5.74, 6) is 1.15. The molecule has 0 radical (unpaired) electrons. The van der Waals surface area contributed by atoms with Gasteiger partial charge in [-0.3, -0.25) is 9.59 Å². The molecule has 0 bridgehead atoms. The predicted octanol–water partition coefficient (Wildman–Crippen LogP) is 0.832. The molecule has 0 aliphatic rings. The van der Waals surface area contributed by atoms with Crippen molar-refractivity contribution < 1.29 is 9.59 Å². The van der Waals surface area contributed by atoms with Gasteiger partial charge in [0.2, 0.25) is 11.8 Å². The number of rotatable bonds is 10. The third kappa shape index (κ3) is 7.42. The molecule has 0 aromatic heterocycles. The molecular formula is C13H27N3O2S. The third-order valence-electron chi connectivity index (χ3n) is 3.00. The van der Waals surface area contributed by atoms with E-state index in [1.165, 1.54) is 0 Å². The number of thioether (sulfide) groups is 1. The summed E-state index contributed by atoms with van der Waals surface area (Å²) in [5, 5.41) is 3.20. The SMILES string of the molecule is CCCNC(C)(CCCSCC(=O)N(C)C)C(N)=O. The quantitative estimate of drug-likeness (QED) is 0.584. The van der Waals surface area contributed by atoms with E-state index in [1.54, 1.807) is 30.8 Å². The maximum absolute atomic E-state index is 11.5. The average Bonchev–Trinajstić information content (AvgIpc) is 2.35. The summed E-state index contributed by atoms with van der Waals surface area (Å²) in [6, 6.07) is 0. The fourth-order valence-electron chi connectivity index (χ4n) is 1.52. The minimum atomic E-state index is -0.637. The summed E-state index contributed by atoms with van der Waals surface area (Å²) in [6.07, 6.45) is 2.53. The summed E-state index contributed by atoms with van der Waals surface area (Å²) in [4.78, 5) is 24.4. The molecule has 1 unspecified atom stereocenters. The van der Waals surface area contributed by atoms with Crippen molar-refractivity contribution in [2.24, 2.45) is 5.73 Å². The van der Waals surface area contributed by atoms with Crippen LogP contribution in [-0.2, 0) is 9.59 Å². The van der Waals surface area contributed by atoms with Crippen molar-refractivity contribution in [3.05, 3.63) is 0 Å². The largest absolute Gasteiger partial charge is 0.368 e. The van der Waals surface area contributed by atoms with Crippen LogP contribution in [0, 0.1) is 0 Å². The van der Waals surface area contributed by atoms with Crippen LogP contribution < -0.4 is 11.1 Å². The lowest BCUT2D eigenvalue weighted by Crippen LogP contribution is -2.53. The van der Waals surface area contributed by atoms with Gasteiger partial charge in [-0.2, -0.15) is 11.8 Å². The second-order valence-corrected chi connectivity index (χ2v) is 6.17. The van der Waals surface area contributed by atoms with Crippen LogP contribution >= 0.6 is 11.8 Å². The molecule has 0 aliphatic carbocycles. The average molecular weight is 289 g/mol. The van der Waals surface area contributed by atoms with E-state index in [2.05, 4.69) is 12.2 Å². The van der Waals surface area contributed by atoms with Crippen LogP contribution in [-0.4, -0.2) is 54.4 Å². The van der Waals surface area contributed by atoms with Gasteiger partial charge in [0.1, 0.15) is 0 Å². The lowest BCUT2D eigenvalue weighted by atomic mass is 9.95. The van der Waals surface area contributed by atoms with Crippen molar-refractivity contribution in [2.45, 2.75) is 38.6 Å². The number of carbonyl (C=O) groups excluding carboxylic acids is 2. The van der Waals surface area contributed by atoms with Gasteiger partial charge in [-0.05, 0) is 38.5 Å². The van der Waals surface area contributed by atoms with Crippen LogP contribution in [0.15, 0.2) is 0 Å². The van der Waals surface area contributed by atoms with E-state index in [4.69, 9.17) is 5.73 Å². The van der Waals surface area contributed by atoms with Crippen LogP contribution in [0.4, 0.5) is 0 Å². The molecular weight excluding hydrogens is 262 g/mol. The monoisotopic (exact) mass is 289 g/mol. The van der Waals surface area contributed by atoms with Crippen LogP contribution in [0.2, 0.25) is 0 Å². The molecule has 5 nitrogen and oxygen atoms in total. The van der Waals surface area contributed by atoms with Gasteiger partial charge in [0, 0.05) is 14.1 Å². The van der Waals surface area contributed by atoms with Crippen molar-refractivity contribution in [3.8, 4) is 0 Å². The Kier molecular flexibility index (Phi) is 8.84. The highest BCUT2D eigenvalue weighted by Crippen LogP contribution is 2.15. The van der Waals surface area contributed by atoms with E-state index < -0.39 is 5.54 Å².